The summed E-state index contributed by atoms with van der Waals surface area (Å²) in [5, 5.41) is 9.98. The Morgan fingerprint density at radius 1 is 1.28 bits per heavy atom. The van der Waals surface area contributed by atoms with Crippen LogP contribution >= 0.6 is 0 Å². The molecule has 1 aromatic rings. The van der Waals surface area contributed by atoms with Gasteiger partial charge in [0.2, 0.25) is 5.91 Å². The second-order valence-electron chi connectivity index (χ2n) is 7.64. The molecule has 2 aliphatic rings. The van der Waals surface area contributed by atoms with Crippen molar-refractivity contribution in [2.75, 3.05) is 11.5 Å². The van der Waals surface area contributed by atoms with Gasteiger partial charge >= 0.3 is 0 Å². The molecule has 1 heterocycles. The molecule has 0 spiro atoms. The molecule has 1 aliphatic heterocycles. The van der Waals surface area contributed by atoms with Crippen molar-refractivity contribution in [3.05, 3.63) is 23.8 Å². The predicted octanol–water partition coefficient (Wildman–Crippen LogP) is 4.33. The fourth-order valence-corrected chi connectivity index (χ4v) is 3.53. The van der Waals surface area contributed by atoms with Gasteiger partial charge in [-0.3, -0.25) is 4.79 Å². The molecule has 0 aromatic heterocycles. The van der Waals surface area contributed by atoms with E-state index in [4.69, 9.17) is 4.74 Å². The maximum absolute atomic E-state index is 12.3. The van der Waals surface area contributed by atoms with E-state index in [0.717, 1.165) is 30.9 Å². The second-order valence-corrected chi connectivity index (χ2v) is 7.64. The summed E-state index contributed by atoms with van der Waals surface area (Å²) in [5.41, 5.74) is 1.55. The summed E-state index contributed by atoms with van der Waals surface area (Å²) in [4.78, 5) is 14.2. The Labute approximate surface area is 152 Å². The van der Waals surface area contributed by atoms with Crippen molar-refractivity contribution in [2.24, 2.45) is 5.92 Å². The van der Waals surface area contributed by atoms with Crippen molar-refractivity contribution in [1.82, 2.24) is 0 Å². The second kappa shape index (κ2) is 8.22. The van der Waals surface area contributed by atoms with Crippen LogP contribution in [0, 0.1) is 5.92 Å². The van der Waals surface area contributed by atoms with E-state index in [1.165, 1.54) is 5.56 Å². The summed E-state index contributed by atoms with van der Waals surface area (Å²) in [6, 6.07) is 6.17. The molecule has 1 aromatic carbocycles. The Bertz CT molecular complexity index is 587. The lowest BCUT2D eigenvalue weighted by atomic mass is 9.75. The minimum atomic E-state index is -0.623. The Balaban J connectivity index is 0.00000109. The van der Waals surface area contributed by atoms with Crippen molar-refractivity contribution in [2.45, 2.75) is 78.4 Å². The van der Waals surface area contributed by atoms with E-state index in [-0.39, 0.29) is 11.9 Å². The normalized spacial score (nSPS) is 25.0. The highest BCUT2D eigenvalue weighted by molar-refractivity contribution is 5.97. The van der Waals surface area contributed by atoms with Crippen molar-refractivity contribution >= 4 is 11.6 Å². The highest BCUT2D eigenvalue weighted by Gasteiger charge is 2.44. The summed E-state index contributed by atoms with van der Waals surface area (Å²) in [5.74, 6) is 1.69. The third kappa shape index (κ3) is 4.75. The van der Waals surface area contributed by atoms with Gasteiger partial charge in [-0.1, -0.05) is 27.7 Å². The number of amides is 1. The molecule has 1 N–H and O–H groups in total. The summed E-state index contributed by atoms with van der Waals surface area (Å²) in [7, 11) is 0. The molecule has 4 nitrogen and oxygen atoms in total. The van der Waals surface area contributed by atoms with Crippen molar-refractivity contribution < 1.29 is 14.6 Å². The first-order valence-electron chi connectivity index (χ1n) is 9.66. The van der Waals surface area contributed by atoms with Crippen LogP contribution in [0.3, 0.4) is 0 Å². The Kier molecular flexibility index (Phi) is 6.50. The largest absolute Gasteiger partial charge is 0.494 e. The van der Waals surface area contributed by atoms with Gasteiger partial charge in [0.05, 0.1) is 12.2 Å². The number of hydrogen-bond acceptors (Lipinski definition) is 3. The average Bonchev–Trinajstić information content (AvgIpc) is 2.54. The summed E-state index contributed by atoms with van der Waals surface area (Å²) in [6.45, 7) is 10.9. The number of fused-ring (bicyclic) bond motifs is 1. The van der Waals surface area contributed by atoms with Gasteiger partial charge in [-0.2, -0.15) is 0 Å². The molecule has 0 radical (unpaired) electrons. The number of benzene rings is 1. The minimum absolute atomic E-state index is 0.129. The first-order chi connectivity index (χ1) is 11.9. The zero-order valence-corrected chi connectivity index (χ0v) is 16.3. The number of hydrogen-bond donors (Lipinski definition) is 1. The van der Waals surface area contributed by atoms with Crippen molar-refractivity contribution in [3.8, 4) is 5.75 Å². The lowest BCUT2D eigenvalue weighted by Crippen LogP contribution is -2.56. The van der Waals surface area contributed by atoms with Gasteiger partial charge < -0.3 is 14.7 Å². The maximum atomic E-state index is 12.3. The first-order valence-corrected chi connectivity index (χ1v) is 9.66. The summed E-state index contributed by atoms with van der Waals surface area (Å²) >= 11 is 0. The molecule has 0 saturated heterocycles. The number of aliphatic hydroxyl groups is 1. The van der Waals surface area contributed by atoms with Crippen LogP contribution in [0.4, 0.5) is 5.69 Å². The van der Waals surface area contributed by atoms with E-state index >= 15 is 0 Å². The highest BCUT2D eigenvalue weighted by atomic mass is 16.5. The van der Waals surface area contributed by atoms with Crippen molar-refractivity contribution in [1.29, 1.82) is 0 Å². The fraction of sp³-hybridized carbons (Fsp3) is 0.667. The highest BCUT2D eigenvalue weighted by Crippen LogP contribution is 2.41. The zero-order valence-electron chi connectivity index (χ0n) is 16.3. The van der Waals surface area contributed by atoms with Crippen LogP contribution < -0.4 is 9.64 Å². The molecule has 1 saturated carbocycles. The molecule has 25 heavy (non-hydrogen) atoms. The van der Waals surface area contributed by atoms with E-state index < -0.39 is 5.60 Å². The summed E-state index contributed by atoms with van der Waals surface area (Å²) < 4.78 is 5.84. The lowest BCUT2D eigenvalue weighted by Gasteiger charge is -2.48. The van der Waals surface area contributed by atoms with E-state index in [1.54, 1.807) is 0 Å². The molecule has 1 amide bonds. The van der Waals surface area contributed by atoms with E-state index in [2.05, 4.69) is 19.9 Å². The number of aryl methyl sites for hydroxylation is 1. The van der Waals surface area contributed by atoms with Crippen LogP contribution in [0.1, 0.15) is 65.9 Å². The summed E-state index contributed by atoms with van der Waals surface area (Å²) in [6.07, 6.45) is 3.67. The number of ether oxygens (including phenoxy) is 1. The van der Waals surface area contributed by atoms with Crippen LogP contribution in [0.5, 0.6) is 5.75 Å². The van der Waals surface area contributed by atoms with Crippen LogP contribution in [-0.4, -0.2) is 29.3 Å². The standard InChI is InChI=1S/C19H27NO3.C2H6/c1-13(2)8-9-23-16-5-6-17-14(10-16)4-7-18(21)20(17)15-11-19(3,22)12-15;1-2/h5-6,10,13,15,22H,4,7-9,11-12H2,1-3H3;1-2H3. The topological polar surface area (TPSA) is 49.8 Å². The Morgan fingerprint density at radius 2 is 1.96 bits per heavy atom. The van der Waals surface area contributed by atoms with Gasteiger partial charge in [-0.25, -0.2) is 0 Å². The van der Waals surface area contributed by atoms with Gasteiger partial charge in [-0.15, -0.1) is 0 Å². The molecule has 0 atom stereocenters. The van der Waals surface area contributed by atoms with E-state index in [0.29, 0.717) is 25.2 Å². The quantitative estimate of drug-likeness (QED) is 0.862. The average molecular weight is 347 g/mol. The SMILES string of the molecule is CC.CC(C)CCOc1ccc2c(c1)CCC(=O)N2C1CC(C)(O)C1. The maximum Gasteiger partial charge on any atom is 0.227 e. The van der Waals surface area contributed by atoms with Crippen LogP contribution in [0.15, 0.2) is 18.2 Å². The van der Waals surface area contributed by atoms with Crippen LogP contribution in [0.25, 0.3) is 0 Å². The molecule has 1 aliphatic carbocycles. The molecular formula is C21H33NO3. The third-order valence-corrected chi connectivity index (χ3v) is 4.87. The number of nitrogens with zero attached hydrogens (tertiary/aromatic N) is 1. The zero-order chi connectivity index (χ0) is 18.6. The first kappa shape index (κ1) is 19.8. The van der Waals surface area contributed by atoms with Gasteiger partial charge in [-0.05, 0) is 62.3 Å². The number of carbonyl (C=O) groups excluding carboxylic acids is 1. The molecule has 0 bridgehead atoms. The van der Waals surface area contributed by atoms with E-state index in [9.17, 15) is 9.90 Å². The smallest absolute Gasteiger partial charge is 0.227 e. The van der Waals surface area contributed by atoms with Gasteiger partial charge in [0.15, 0.2) is 0 Å². The number of carbonyl (C=O) groups is 1. The van der Waals surface area contributed by atoms with Crippen LogP contribution in [0.2, 0.25) is 0 Å². The lowest BCUT2D eigenvalue weighted by molar-refractivity contribution is -0.121. The van der Waals surface area contributed by atoms with Gasteiger partial charge in [0.25, 0.3) is 0 Å². The van der Waals surface area contributed by atoms with Gasteiger partial charge in [0, 0.05) is 18.2 Å². The third-order valence-electron chi connectivity index (χ3n) is 4.87. The fourth-order valence-electron chi connectivity index (χ4n) is 3.53. The molecule has 1 fully saturated rings. The van der Waals surface area contributed by atoms with Gasteiger partial charge in [0.1, 0.15) is 5.75 Å². The monoisotopic (exact) mass is 347 g/mol. The van der Waals surface area contributed by atoms with E-state index in [1.807, 2.05) is 37.8 Å². The number of rotatable bonds is 5. The molecule has 140 valence electrons. The molecular weight excluding hydrogens is 314 g/mol. The predicted molar refractivity (Wildman–Crippen MR) is 102 cm³/mol. The Hall–Kier alpha value is -1.55. The minimum Gasteiger partial charge on any atom is -0.494 e. The molecule has 3 rings (SSSR count). The molecule has 4 heteroatoms. The van der Waals surface area contributed by atoms with Crippen LogP contribution in [-0.2, 0) is 11.2 Å². The molecule has 0 unspecified atom stereocenters. The Morgan fingerprint density at radius 3 is 2.56 bits per heavy atom. The van der Waals surface area contributed by atoms with Crippen molar-refractivity contribution in [3.63, 3.8) is 0 Å². The number of anilines is 1.